The Hall–Kier alpha value is -0.540. The number of allylic oxidation sites excluding steroid dienone is 1. The fourth-order valence-corrected chi connectivity index (χ4v) is 2.27. The van der Waals surface area contributed by atoms with Crippen LogP contribution in [-0.4, -0.2) is 5.11 Å². The third kappa shape index (κ3) is 1.93. The monoisotopic (exact) mass is 256 g/mol. The van der Waals surface area contributed by atoms with Gasteiger partial charge in [-0.05, 0) is 53.3 Å². The van der Waals surface area contributed by atoms with Gasteiger partial charge in [0.2, 0.25) is 0 Å². The summed E-state index contributed by atoms with van der Waals surface area (Å²) in [4.78, 5) is 0. The van der Waals surface area contributed by atoms with Crippen molar-refractivity contribution in [3.63, 3.8) is 0 Å². The molecule has 1 unspecified atom stereocenters. The van der Waals surface area contributed by atoms with E-state index in [4.69, 9.17) is 4.42 Å². The van der Waals surface area contributed by atoms with Gasteiger partial charge in [-0.25, -0.2) is 0 Å². The molecule has 0 saturated carbocycles. The first kappa shape index (κ1) is 9.99. The molecule has 2 rings (SSSR count). The van der Waals surface area contributed by atoms with Crippen molar-refractivity contribution in [1.82, 2.24) is 0 Å². The number of rotatable bonds is 2. The Balaban J connectivity index is 2.19. The van der Waals surface area contributed by atoms with Gasteiger partial charge in [-0.2, -0.15) is 0 Å². The molecule has 1 aliphatic carbocycles. The van der Waals surface area contributed by atoms with Crippen LogP contribution in [0.15, 0.2) is 33.1 Å². The van der Waals surface area contributed by atoms with E-state index in [1.165, 1.54) is 12.8 Å². The molecule has 1 N–H and O–H groups in total. The van der Waals surface area contributed by atoms with E-state index in [-0.39, 0.29) is 0 Å². The molecule has 0 spiro atoms. The molecule has 2 nitrogen and oxygen atoms in total. The summed E-state index contributed by atoms with van der Waals surface area (Å²) in [5.74, 6) is 0. The summed E-state index contributed by atoms with van der Waals surface area (Å²) in [5.41, 5.74) is 1.96. The Morgan fingerprint density at radius 1 is 1.43 bits per heavy atom. The molecular formula is C11H13BrO2. The molecule has 0 bridgehead atoms. The Kier molecular flexibility index (Phi) is 3.08. The second-order valence-corrected chi connectivity index (χ2v) is 4.30. The van der Waals surface area contributed by atoms with Gasteiger partial charge in [0.1, 0.15) is 6.10 Å². The number of hydrogen-bond acceptors (Lipinski definition) is 2. The van der Waals surface area contributed by atoms with Crippen LogP contribution in [-0.2, 0) is 0 Å². The minimum absolute atomic E-state index is 0.497. The second kappa shape index (κ2) is 4.32. The zero-order valence-corrected chi connectivity index (χ0v) is 9.46. The minimum Gasteiger partial charge on any atom is -0.457 e. The molecule has 0 fully saturated rings. The topological polar surface area (TPSA) is 33.4 Å². The van der Waals surface area contributed by atoms with Gasteiger partial charge in [0.25, 0.3) is 0 Å². The van der Waals surface area contributed by atoms with Gasteiger partial charge in [0, 0.05) is 5.56 Å². The van der Waals surface area contributed by atoms with Crippen LogP contribution in [0.2, 0.25) is 0 Å². The molecule has 0 amide bonds. The van der Waals surface area contributed by atoms with Crippen molar-refractivity contribution in [2.24, 2.45) is 0 Å². The third-order valence-electron chi connectivity index (χ3n) is 2.62. The molecule has 1 atom stereocenters. The average molecular weight is 257 g/mol. The number of aliphatic hydroxyl groups excluding tert-OH is 1. The Labute approximate surface area is 91.7 Å². The third-order valence-corrected chi connectivity index (χ3v) is 3.26. The van der Waals surface area contributed by atoms with E-state index in [1.54, 1.807) is 6.26 Å². The molecule has 0 radical (unpaired) electrons. The summed E-state index contributed by atoms with van der Waals surface area (Å²) in [6, 6.07) is 1.81. The Morgan fingerprint density at radius 2 is 2.29 bits per heavy atom. The summed E-state index contributed by atoms with van der Waals surface area (Å²) in [7, 11) is 0. The van der Waals surface area contributed by atoms with Crippen molar-refractivity contribution in [1.29, 1.82) is 0 Å². The zero-order chi connectivity index (χ0) is 9.97. The first-order valence-electron chi connectivity index (χ1n) is 4.89. The van der Waals surface area contributed by atoms with Gasteiger partial charge in [0.05, 0.1) is 6.26 Å². The lowest BCUT2D eigenvalue weighted by Crippen LogP contribution is -2.04. The van der Waals surface area contributed by atoms with Crippen LogP contribution in [0, 0.1) is 0 Å². The quantitative estimate of drug-likeness (QED) is 0.821. The van der Waals surface area contributed by atoms with Gasteiger partial charge >= 0.3 is 0 Å². The second-order valence-electron chi connectivity index (χ2n) is 3.58. The van der Waals surface area contributed by atoms with E-state index in [0.717, 1.165) is 24.0 Å². The predicted octanol–water partition coefficient (Wildman–Crippen LogP) is 3.58. The van der Waals surface area contributed by atoms with Gasteiger partial charge in [0.15, 0.2) is 4.67 Å². The average Bonchev–Trinajstić information content (AvgIpc) is 2.65. The van der Waals surface area contributed by atoms with Crippen LogP contribution in [0.4, 0.5) is 0 Å². The van der Waals surface area contributed by atoms with Crippen molar-refractivity contribution in [2.75, 3.05) is 0 Å². The van der Waals surface area contributed by atoms with Crippen LogP contribution in [0.5, 0.6) is 0 Å². The summed E-state index contributed by atoms with van der Waals surface area (Å²) < 4.78 is 5.74. The van der Waals surface area contributed by atoms with Crippen LogP contribution in [0.25, 0.3) is 0 Å². The highest BCUT2D eigenvalue weighted by Crippen LogP contribution is 2.33. The fourth-order valence-electron chi connectivity index (χ4n) is 1.81. The highest BCUT2D eigenvalue weighted by molar-refractivity contribution is 9.10. The van der Waals surface area contributed by atoms with Crippen molar-refractivity contribution in [3.05, 3.63) is 34.2 Å². The lowest BCUT2D eigenvalue weighted by atomic mass is 9.93. The van der Waals surface area contributed by atoms with Gasteiger partial charge in [-0.1, -0.05) is 6.08 Å². The van der Waals surface area contributed by atoms with Gasteiger partial charge in [-0.3, -0.25) is 0 Å². The minimum atomic E-state index is -0.497. The van der Waals surface area contributed by atoms with Crippen molar-refractivity contribution >= 4 is 15.9 Å². The van der Waals surface area contributed by atoms with Crippen molar-refractivity contribution in [3.8, 4) is 0 Å². The Bertz CT molecular complexity index is 341. The summed E-state index contributed by atoms with van der Waals surface area (Å²) in [6.45, 7) is 0. The normalized spacial score (nSPS) is 19.1. The SMILES string of the molecule is OC(C1=CCCCC1)c1ccoc1Br. The van der Waals surface area contributed by atoms with Crippen LogP contribution in [0.1, 0.15) is 37.4 Å². The standard InChI is InChI=1S/C11H13BrO2/c12-11-9(6-7-14-11)10(13)8-4-2-1-3-5-8/h4,6-7,10,13H,1-3,5H2. The maximum Gasteiger partial charge on any atom is 0.175 e. The largest absolute Gasteiger partial charge is 0.457 e. The van der Waals surface area contributed by atoms with Gasteiger partial charge in [-0.15, -0.1) is 0 Å². The first-order valence-corrected chi connectivity index (χ1v) is 5.68. The molecule has 0 aromatic carbocycles. The van der Waals surface area contributed by atoms with E-state index < -0.39 is 6.10 Å². The number of furan rings is 1. The molecule has 1 aliphatic rings. The highest BCUT2D eigenvalue weighted by Gasteiger charge is 2.19. The first-order chi connectivity index (χ1) is 6.79. The zero-order valence-electron chi connectivity index (χ0n) is 7.87. The molecule has 0 aliphatic heterocycles. The maximum atomic E-state index is 10.1. The lowest BCUT2D eigenvalue weighted by Gasteiger charge is -2.17. The lowest BCUT2D eigenvalue weighted by molar-refractivity contribution is 0.206. The molecular weight excluding hydrogens is 244 g/mol. The molecule has 0 saturated heterocycles. The molecule has 14 heavy (non-hydrogen) atoms. The molecule has 1 aromatic rings. The predicted molar refractivity (Wildman–Crippen MR) is 57.9 cm³/mol. The molecule has 1 heterocycles. The maximum absolute atomic E-state index is 10.1. The van der Waals surface area contributed by atoms with Crippen LogP contribution >= 0.6 is 15.9 Å². The number of hydrogen-bond donors (Lipinski definition) is 1. The summed E-state index contributed by atoms with van der Waals surface area (Å²) in [6.07, 6.45) is 7.74. The van der Waals surface area contributed by atoms with Crippen LogP contribution in [0.3, 0.4) is 0 Å². The van der Waals surface area contributed by atoms with Crippen LogP contribution < -0.4 is 0 Å². The fraction of sp³-hybridized carbons (Fsp3) is 0.455. The number of aliphatic hydroxyl groups is 1. The Morgan fingerprint density at radius 3 is 2.86 bits per heavy atom. The molecule has 76 valence electrons. The highest BCUT2D eigenvalue weighted by atomic mass is 79.9. The van der Waals surface area contributed by atoms with E-state index in [9.17, 15) is 5.11 Å². The van der Waals surface area contributed by atoms with E-state index >= 15 is 0 Å². The van der Waals surface area contributed by atoms with E-state index in [1.807, 2.05) is 6.07 Å². The van der Waals surface area contributed by atoms with Gasteiger partial charge < -0.3 is 9.52 Å². The van der Waals surface area contributed by atoms with E-state index in [0.29, 0.717) is 4.67 Å². The summed E-state index contributed by atoms with van der Waals surface area (Å²) >= 11 is 3.28. The van der Waals surface area contributed by atoms with Crippen molar-refractivity contribution in [2.45, 2.75) is 31.8 Å². The molecule has 1 aromatic heterocycles. The van der Waals surface area contributed by atoms with Crippen molar-refractivity contribution < 1.29 is 9.52 Å². The van der Waals surface area contributed by atoms with E-state index in [2.05, 4.69) is 22.0 Å². The number of halogens is 1. The molecule has 3 heteroatoms. The smallest absolute Gasteiger partial charge is 0.175 e. The summed E-state index contributed by atoms with van der Waals surface area (Å²) in [5, 5.41) is 10.1.